The van der Waals surface area contributed by atoms with Gasteiger partial charge < -0.3 is 5.11 Å². The molecule has 4 heteroatoms. The third-order valence-electron chi connectivity index (χ3n) is 4.36. The number of carbonyl (C=O) groups is 1. The van der Waals surface area contributed by atoms with Crippen molar-refractivity contribution >= 4 is 5.97 Å². The molecule has 21 heavy (non-hydrogen) atoms. The van der Waals surface area contributed by atoms with Gasteiger partial charge in [-0.2, -0.15) is 0 Å². The SMILES string of the molecule is CC(C)c1ccc(CN2CCN(C(C)C(=O)O)CC2)cc1. The molecule has 1 aromatic rings. The normalized spacial score (nSPS) is 18.9. The van der Waals surface area contributed by atoms with E-state index in [2.05, 4.69) is 43.0 Å². The van der Waals surface area contributed by atoms with E-state index in [-0.39, 0.29) is 6.04 Å². The van der Waals surface area contributed by atoms with E-state index in [1.54, 1.807) is 6.92 Å². The number of nitrogens with zero attached hydrogens (tertiary/aromatic N) is 2. The predicted octanol–water partition coefficient (Wildman–Crippen LogP) is 2.40. The lowest BCUT2D eigenvalue weighted by molar-refractivity contribution is -0.143. The number of rotatable bonds is 5. The van der Waals surface area contributed by atoms with Crippen LogP contribution in [0, 0.1) is 0 Å². The van der Waals surface area contributed by atoms with Gasteiger partial charge in [0.05, 0.1) is 0 Å². The summed E-state index contributed by atoms with van der Waals surface area (Å²) in [7, 11) is 0. The summed E-state index contributed by atoms with van der Waals surface area (Å²) in [6.07, 6.45) is 0. The Labute approximate surface area is 127 Å². The number of hydrogen-bond acceptors (Lipinski definition) is 3. The number of carboxylic acid groups (broad SMARTS) is 1. The maximum Gasteiger partial charge on any atom is 0.320 e. The summed E-state index contributed by atoms with van der Waals surface area (Å²) in [4.78, 5) is 15.4. The molecule has 0 bridgehead atoms. The Morgan fingerprint density at radius 1 is 1.10 bits per heavy atom. The van der Waals surface area contributed by atoms with E-state index in [0.29, 0.717) is 5.92 Å². The summed E-state index contributed by atoms with van der Waals surface area (Å²) >= 11 is 0. The minimum absolute atomic E-state index is 0.377. The standard InChI is InChI=1S/C17H26N2O2/c1-13(2)16-6-4-15(5-7-16)12-18-8-10-19(11-9-18)14(3)17(20)21/h4-7,13-14H,8-12H2,1-3H3,(H,20,21). The molecule has 116 valence electrons. The molecule has 1 heterocycles. The van der Waals surface area contributed by atoms with Crippen LogP contribution >= 0.6 is 0 Å². The molecule has 4 nitrogen and oxygen atoms in total. The van der Waals surface area contributed by atoms with Gasteiger partial charge in [0.25, 0.3) is 0 Å². The number of carboxylic acids is 1. The fourth-order valence-corrected chi connectivity index (χ4v) is 2.73. The van der Waals surface area contributed by atoms with Crippen LogP contribution in [-0.4, -0.2) is 53.1 Å². The highest BCUT2D eigenvalue weighted by Crippen LogP contribution is 2.16. The summed E-state index contributed by atoms with van der Waals surface area (Å²) < 4.78 is 0. The van der Waals surface area contributed by atoms with Gasteiger partial charge in [0.2, 0.25) is 0 Å². The van der Waals surface area contributed by atoms with Crippen LogP contribution in [0.5, 0.6) is 0 Å². The third-order valence-corrected chi connectivity index (χ3v) is 4.36. The molecule has 0 radical (unpaired) electrons. The topological polar surface area (TPSA) is 43.8 Å². The van der Waals surface area contributed by atoms with Crippen LogP contribution in [0.25, 0.3) is 0 Å². The first-order valence-corrected chi connectivity index (χ1v) is 7.75. The largest absolute Gasteiger partial charge is 0.480 e. The number of benzene rings is 1. The van der Waals surface area contributed by atoms with Crippen LogP contribution in [0.3, 0.4) is 0 Å². The summed E-state index contributed by atoms with van der Waals surface area (Å²) in [5.74, 6) is -0.159. The van der Waals surface area contributed by atoms with Crippen molar-refractivity contribution in [2.75, 3.05) is 26.2 Å². The minimum Gasteiger partial charge on any atom is -0.480 e. The second kappa shape index (κ2) is 7.05. The molecule has 1 aliphatic rings. The molecular weight excluding hydrogens is 264 g/mol. The molecule has 1 fully saturated rings. The van der Waals surface area contributed by atoms with Crippen molar-refractivity contribution in [3.63, 3.8) is 0 Å². The van der Waals surface area contributed by atoms with Crippen LogP contribution in [0.15, 0.2) is 24.3 Å². The van der Waals surface area contributed by atoms with Gasteiger partial charge in [0.15, 0.2) is 0 Å². The smallest absolute Gasteiger partial charge is 0.320 e. The number of aliphatic carboxylic acids is 1. The van der Waals surface area contributed by atoms with Gasteiger partial charge in [-0.1, -0.05) is 38.1 Å². The van der Waals surface area contributed by atoms with E-state index in [9.17, 15) is 4.79 Å². The quantitative estimate of drug-likeness (QED) is 0.904. The van der Waals surface area contributed by atoms with Gasteiger partial charge in [-0.05, 0) is 24.0 Å². The van der Waals surface area contributed by atoms with Crippen molar-refractivity contribution in [3.05, 3.63) is 35.4 Å². The van der Waals surface area contributed by atoms with Crippen molar-refractivity contribution in [2.45, 2.75) is 39.3 Å². The van der Waals surface area contributed by atoms with E-state index in [4.69, 9.17) is 5.11 Å². The van der Waals surface area contributed by atoms with Gasteiger partial charge in [0, 0.05) is 32.7 Å². The fraction of sp³-hybridized carbons (Fsp3) is 0.588. The summed E-state index contributed by atoms with van der Waals surface area (Å²) in [6.45, 7) is 10.7. The van der Waals surface area contributed by atoms with Crippen LogP contribution in [0.2, 0.25) is 0 Å². The lowest BCUT2D eigenvalue weighted by Crippen LogP contribution is -2.51. The Bertz CT molecular complexity index is 462. The number of piperazine rings is 1. The molecule has 2 rings (SSSR count). The van der Waals surface area contributed by atoms with Crippen molar-refractivity contribution in [1.82, 2.24) is 9.80 Å². The molecule has 0 spiro atoms. The van der Waals surface area contributed by atoms with E-state index >= 15 is 0 Å². The minimum atomic E-state index is -0.729. The second-order valence-corrected chi connectivity index (χ2v) is 6.22. The zero-order chi connectivity index (χ0) is 15.4. The summed E-state index contributed by atoms with van der Waals surface area (Å²) in [5, 5.41) is 9.05. The zero-order valence-electron chi connectivity index (χ0n) is 13.2. The molecule has 1 unspecified atom stereocenters. The highest BCUT2D eigenvalue weighted by molar-refractivity contribution is 5.72. The van der Waals surface area contributed by atoms with Gasteiger partial charge in [0.1, 0.15) is 6.04 Å². The Balaban J connectivity index is 1.84. The maximum absolute atomic E-state index is 11.0. The van der Waals surface area contributed by atoms with E-state index in [1.165, 1.54) is 11.1 Å². The molecule has 1 N–H and O–H groups in total. The van der Waals surface area contributed by atoms with Gasteiger partial charge in [-0.3, -0.25) is 14.6 Å². The van der Waals surface area contributed by atoms with Gasteiger partial charge in [-0.25, -0.2) is 0 Å². The lowest BCUT2D eigenvalue weighted by atomic mass is 10.0. The molecule has 0 aliphatic carbocycles. The predicted molar refractivity (Wildman–Crippen MR) is 84.5 cm³/mol. The highest BCUT2D eigenvalue weighted by atomic mass is 16.4. The molecule has 1 aliphatic heterocycles. The lowest BCUT2D eigenvalue weighted by Gasteiger charge is -2.36. The highest BCUT2D eigenvalue weighted by Gasteiger charge is 2.24. The first kappa shape index (κ1) is 16.0. The first-order chi connectivity index (χ1) is 9.97. The number of hydrogen-bond donors (Lipinski definition) is 1. The second-order valence-electron chi connectivity index (χ2n) is 6.22. The van der Waals surface area contributed by atoms with Crippen molar-refractivity contribution < 1.29 is 9.90 Å². The zero-order valence-corrected chi connectivity index (χ0v) is 13.2. The third kappa shape index (κ3) is 4.29. The molecule has 0 amide bonds. The monoisotopic (exact) mass is 290 g/mol. The van der Waals surface area contributed by atoms with Gasteiger partial charge in [-0.15, -0.1) is 0 Å². The summed E-state index contributed by atoms with van der Waals surface area (Å²) in [5.41, 5.74) is 2.71. The van der Waals surface area contributed by atoms with Crippen molar-refractivity contribution in [1.29, 1.82) is 0 Å². The Morgan fingerprint density at radius 2 is 1.67 bits per heavy atom. The Kier molecular flexibility index (Phi) is 5.37. The summed E-state index contributed by atoms with van der Waals surface area (Å²) in [6, 6.07) is 8.46. The van der Waals surface area contributed by atoms with Crippen molar-refractivity contribution in [2.24, 2.45) is 0 Å². The van der Waals surface area contributed by atoms with Crippen LogP contribution in [0.4, 0.5) is 0 Å². The average molecular weight is 290 g/mol. The fourth-order valence-electron chi connectivity index (χ4n) is 2.73. The average Bonchev–Trinajstić information content (AvgIpc) is 2.47. The molecule has 0 saturated carbocycles. The van der Waals surface area contributed by atoms with Gasteiger partial charge >= 0.3 is 5.97 Å². The molecular formula is C17H26N2O2. The molecule has 1 saturated heterocycles. The molecule has 0 aromatic heterocycles. The van der Waals surface area contributed by atoms with Crippen LogP contribution < -0.4 is 0 Å². The first-order valence-electron chi connectivity index (χ1n) is 7.75. The van der Waals surface area contributed by atoms with Crippen LogP contribution in [-0.2, 0) is 11.3 Å². The van der Waals surface area contributed by atoms with E-state index < -0.39 is 5.97 Å². The maximum atomic E-state index is 11.0. The van der Waals surface area contributed by atoms with Crippen molar-refractivity contribution in [3.8, 4) is 0 Å². The Hall–Kier alpha value is -1.39. The van der Waals surface area contributed by atoms with E-state index in [0.717, 1.165) is 32.7 Å². The van der Waals surface area contributed by atoms with E-state index in [1.807, 2.05) is 4.90 Å². The molecule has 1 aromatic carbocycles. The van der Waals surface area contributed by atoms with Crippen LogP contribution in [0.1, 0.15) is 37.8 Å². The molecule has 1 atom stereocenters. The Morgan fingerprint density at radius 3 is 2.14 bits per heavy atom.